The van der Waals surface area contributed by atoms with E-state index in [9.17, 15) is 13.2 Å². The third kappa shape index (κ3) is 3.22. The van der Waals surface area contributed by atoms with Gasteiger partial charge in [0.15, 0.2) is 0 Å². The molecule has 0 amide bonds. The molecule has 1 aromatic heterocycles. The molecular weight excluding hydrogens is 311 g/mol. The van der Waals surface area contributed by atoms with Crippen molar-refractivity contribution in [3.8, 4) is 11.6 Å². The van der Waals surface area contributed by atoms with E-state index in [1.54, 1.807) is 12.1 Å². The van der Waals surface area contributed by atoms with Gasteiger partial charge in [-0.1, -0.05) is 15.9 Å². The zero-order valence-electron chi connectivity index (χ0n) is 8.91. The van der Waals surface area contributed by atoms with Gasteiger partial charge in [0.2, 0.25) is 5.88 Å². The Labute approximate surface area is 110 Å². The lowest BCUT2D eigenvalue weighted by Gasteiger charge is -2.08. The molecule has 0 aliphatic carbocycles. The number of nitrogens with zero attached hydrogens (tertiary/aromatic N) is 1. The first kappa shape index (κ1) is 12.9. The molecule has 0 saturated carbocycles. The van der Waals surface area contributed by atoms with Gasteiger partial charge in [-0.3, -0.25) is 0 Å². The van der Waals surface area contributed by atoms with E-state index in [1.807, 2.05) is 0 Å². The number of rotatable bonds is 2. The standard InChI is InChI=1S/C12H7BrF3NO/c13-9-5-6-17-11(7-9)18-10-3-1-8(2-4-10)12(14,15)16/h1-7H. The highest BCUT2D eigenvalue weighted by Gasteiger charge is 2.30. The molecule has 2 nitrogen and oxygen atoms in total. The number of pyridine rings is 1. The normalized spacial score (nSPS) is 11.3. The molecule has 0 spiro atoms. The van der Waals surface area contributed by atoms with E-state index in [2.05, 4.69) is 20.9 Å². The van der Waals surface area contributed by atoms with E-state index < -0.39 is 11.7 Å². The minimum atomic E-state index is -4.34. The first-order valence-electron chi connectivity index (χ1n) is 4.92. The summed E-state index contributed by atoms with van der Waals surface area (Å²) in [5.41, 5.74) is -0.711. The second-order valence-corrected chi connectivity index (χ2v) is 4.35. The highest BCUT2D eigenvalue weighted by Crippen LogP contribution is 2.31. The third-order valence-electron chi connectivity index (χ3n) is 2.10. The summed E-state index contributed by atoms with van der Waals surface area (Å²) in [7, 11) is 0. The van der Waals surface area contributed by atoms with E-state index in [4.69, 9.17) is 4.74 Å². The highest BCUT2D eigenvalue weighted by molar-refractivity contribution is 9.10. The maximum atomic E-state index is 12.3. The molecule has 0 aliphatic rings. The maximum Gasteiger partial charge on any atom is 0.416 e. The Morgan fingerprint density at radius 1 is 1.06 bits per heavy atom. The van der Waals surface area contributed by atoms with Crippen LogP contribution in [0.1, 0.15) is 5.56 Å². The summed E-state index contributed by atoms with van der Waals surface area (Å²) in [4.78, 5) is 3.93. The first-order valence-corrected chi connectivity index (χ1v) is 5.71. The molecule has 18 heavy (non-hydrogen) atoms. The third-order valence-corrected chi connectivity index (χ3v) is 2.59. The van der Waals surface area contributed by atoms with E-state index in [0.717, 1.165) is 16.6 Å². The zero-order valence-corrected chi connectivity index (χ0v) is 10.5. The summed E-state index contributed by atoms with van der Waals surface area (Å²) in [6.45, 7) is 0. The van der Waals surface area contributed by atoms with Crippen LogP contribution in [0.2, 0.25) is 0 Å². The zero-order chi connectivity index (χ0) is 13.2. The Bertz CT molecular complexity index is 540. The van der Waals surface area contributed by atoms with Gasteiger partial charge < -0.3 is 4.74 Å². The molecule has 1 aromatic carbocycles. The van der Waals surface area contributed by atoms with Crippen LogP contribution in [-0.2, 0) is 6.18 Å². The number of hydrogen-bond acceptors (Lipinski definition) is 2. The van der Waals surface area contributed by atoms with Gasteiger partial charge in [-0.15, -0.1) is 0 Å². The number of alkyl halides is 3. The Hall–Kier alpha value is -1.56. The van der Waals surface area contributed by atoms with Crippen molar-refractivity contribution in [2.24, 2.45) is 0 Å². The molecule has 0 N–H and O–H groups in total. The van der Waals surface area contributed by atoms with Gasteiger partial charge in [0.1, 0.15) is 5.75 Å². The van der Waals surface area contributed by atoms with Gasteiger partial charge in [0.25, 0.3) is 0 Å². The molecule has 0 atom stereocenters. The summed E-state index contributed by atoms with van der Waals surface area (Å²) in [5, 5.41) is 0. The van der Waals surface area contributed by atoms with Crippen LogP contribution in [-0.4, -0.2) is 4.98 Å². The van der Waals surface area contributed by atoms with Crippen molar-refractivity contribution in [2.75, 3.05) is 0 Å². The predicted molar refractivity (Wildman–Crippen MR) is 63.5 cm³/mol. The van der Waals surface area contributed by atoms with E-state index >= 15 is 0 Å². The lowest BCUT2D eigenvalue weighted by Crippen LogP contribution is -2.04. The lowest BCUT2D eigenvalue weighted by molar-refractivity contribution is -0.137. The summed E-state index contributed by atoms with van der Waals surface area (Å²) in [6, 6.07) is 7.79. The van der Waals surface area contributed by atoms with Crippen LogP contribution >= 0.6 is 15.9 Å². The van der Waals surface area contributed by atoms with Crippen molar-refractivity contribution in [2.45, 2.75) is 6.18 Å². The average Bonchev–Trinajstić information content (AvgIpc) is 2.28. The number of ether oxygens (including phenoxy) is 1. The Morgan fingerprint density at radius 2 is 1.72 bits per heavy atom. The van der Waals surface area contributed by atoms with Crippen molar-refractivity contribution in [1.82, 2.24) is 4.98 Å². The Balaban J connectivity index is 2.16. The Kier molecular flexibility index (Phi) is 3.56. The molecule has 1 heterocycles. The topological polar surface area (TPSA) is 22.1 Å². The SMILES string of the molecule is FC(F)(F)c1ccc(Oc2cc(Br)ccn2)cc1. The van der Waals surface area contributed by atoms with Gasteiger partial charge in [-0.2, -0.15) is 13.2 Å². The largest absolute Gasteiger partial charge is 0.439 e. The molecule has 0 aliphatic heterocycles. The summed E-state index contributed by atoms with van der Waals surface area (Å²) >= 11 is 3.24. The minimum absolute atomic E-state index is 0.300. The van der Waals surface area contributed by atoms with Gasteiger partial charge in [0, 0.05) is 16.7 Å². The fourth-order valence-electron chi connectivity index (χ4n) is 1.27. The van der Waals surface area contributed by atoms with Crippen LogP contribution in [0.15, 0.2) is 47.1 Å². The maximum absolute atomic E-state index is 12.3. The molecule has 2 rings (SSSR count). The van der Waals surface area contributed by atoms with Crippen LogP contribution in [0.3, 0.4) is 0 Å². The number of aromatic nitrogens is 1. The second-order valence-electron chi connectivity index (χ2n) is 3.44. The van der Waals surface area contributed by atoms with Crippen molar-refractivity contribution < 1.29 is 17.9 Å². The predicted octanol–water partition coefficient (Wildman–Crippen LogP) is 4.66. The molecule has 0 fully saturated rings. The van der Waals surface area contributed by atoms with Crippen LogP contribution in [0, 0.1) is 0 Å². The first-order chi connectivity index (χ1) is 8.45. The van der Waals surface area contributed by atoms with Crippen molar-refractivity contribution >= 4 is 15.9 Å². The number of halogens is 4. The van der Waals surface area contributed by atoms with Crippen molar-refractivity contribution in [3.05, 3.63) is 52.6 Å². The molecule has 2 aromatic rings. The summed E-state index contributed by atoms with van der Waals surface area (Å²) in [5.74, 6) is 0.609. The van der Waals surface area contributed by atoms with E-state index in [-0.39, 0.29) is 0 Å². The molecule has 0 bridgehead atoms. The van der Waals surface area contributed by atoms with Gasteiger partial charge in [-0.05, 0) is 30.3 Å². The van der Waals surface area contributed by atoms with Crippen molar-refractivity contribution in [1.29, 1.82) is 0 Å². The van der Waals surface area contributed by atoms with E-state index in [1.165, 1.54) is 18.3 Å². The fourth-order valence-corrected chi connectivity index (χ4v) is 1.59. The molecule has 0 radical (unpaired) electrons. The molecule has 6 heteroatoms. The minimum Gasteiger partial charge on any atom is -0.439 e. The van der Waals surface area contributed by atoms with Gasteiger partial charge >= 0.3 is 6.18 Å². The molecular formula is C12H7BrF3NO. The fraction of sp³-hybridized carbons (Fsp3) is 0.0833. The smallest absolute Gasteiger partial charge is 0.416 e. The summed E-state index contributed by atoms with van der Waals surface area (Å²) in [6.07, 6.45) is -2.81. The second kappa shape index (κ2) is 4.97. The Morgan fingerprint density at radius 3 is 2.28 bits per heavy atom. The summed E-state index contributed by atoms with van der Waals surface area (Å²) < 4.78 is 43.1. The van der Waals surface area contributed by atoms with E-state index in [0.29, 0.717) is 11.6 Å². The number of hydrogen-bond donors (Lipinski definition) is 0. The monoisotopic (exact) mass is 317 g/mol. The number of benzene rings is 1. The molecule has 0 unspecified atom stereocenters. The van der Waals surface area contributed by atoms with Crippen LogP contribution < -0.4 is 4.74 Å². The molecule has 0 saturated heterocycles. The van der Waals surface area contributed by atoms with Crippen LogP contribution in [0.4, 0.5) is 13.2 Å². The van der Waals surface area contributed by atoms with Crippen molar-refractivity contribution in [3.63, 3.8) is 0 Å². The molecule has 94 valence electrons. The van der Waals surface area contributed by atoms with Crippen LogP contribution in [0.25, 0.3) is 0 Å². The van der Waals surface area contributed by atoms with Crippen LogP contribution in [0.5, 0.6) is 11.6 Å². The highest BCUT2D eigenvalue weighted by atomic mass is 79.9. The quantitative estimate of drug-likeness (QED) is 0.804. The average molecular weight is 318 g/mol. The van der Waals surface area contributed by atoms with Gasteiger partial charge in [0.05, 0.1) is 5.56 Å². The van der Waals surface area contributed by atoms with Gasteiger partial charge in [-0.25, -0.2) is 4.98 Å². The lowest BCUT2D eigenvalue weighted by atomic mass is 10.2.